The highest BCUT2D eigenvalue weighted by Crippen LogP contribution is 2.29. The van der Waals surface area contributed by atoms with E-state index in [4.69, 9.17) is 9.97 Å². The molecule has 1 unspecified atom stereocenters. The number of rotatable bonds is 7. The molecule has 1 atom stereocenters. The Balaban J connectivity index is 1.77. The van der Waals surface area contributed by atoms with Crippen LogP contribution in [0.4, 0.5) is 5.82 Å². The number of pyridine rings is 1. The second-order valence-electron chi connectivity index (χ2n) is 6.62. The Bertz CT molecular complexity index is 1040. The molecule has 2 aromatic carbocycles. The summed E-state index contributed by atoms with van der Waals surface area (Å²) in [5.41, 5.74) is 2.99. The normalized spacial score (nSPS) is 12.0. The van der Waals surface area contributed by atoms with Crippen LogP contribution in [0.2, 0.25) is 0 Å². The van der Waals surface area contributed by atoms with E-state index in [1.165, 1.54) is 5.56 Å². The fraction of sp³-hybridized carbons (Fsp3) is 0.174. The van der Waals surface area contributed by atoms with Crippen molar-refractivity contribution in [2.24, 2.45) is 0 Å². The van der Waals surface area contributed by atoms with E-state index in [0.717, 1.165) is 28.7 Å². The SMILES string of the molecule is OCCCC(Nc1nc(-c2ccncc2)nc2ccccc12)c1ccccc1. The van der Waals surface area contributed by atoms with E-state index in [1.54, 1.807) is 12.4 Å². The van der Waals surface area contributed by atoms with Gasteiger partial charge in [0.05, 0.1) is 11.6 Å². The summed E-state index contributed by atoms with van der Waals surface area (Å²) in [5.74, 6) is 1.46. The molecule has 0 aliphatic rings. The molecule has 0 bridgehead atoms. The van der Waals surface area contributed by atoms with Crippen LogP contribution < -0.4 is 5.32 Å². The summed E-state index contributed by atoms with van der Waals surface area (Å²) in [6, 6.07) is 22.1. The van der Waals surface area contributed by atoms with Crippen LogP contribution >= 0.6 is 0 Å². The maximum atomic E-state index is 9.33. The molecule has 0 aliphatic carbocycles. The van der Waals surface area contributed by atoms with E-state index in [1.807, 2.05) is 54.6 Å². The number of benzene rings is 2. The number of hydrogen-bond donors (Lipinski definition) is 2. The standard InChI is InChI=1S/C23H22N4O/c28-16-6-11-20(17-7-2-1-3-8-17)25-23-19-9-4-5-10-21(19)26-22(27-23)18-12-14-24-15-13-18/h1-5,7-10,12-15,20,28H,6,11,16H2,(H,25,26,27). The molecule has 4 rings (SSSR count). The van der Waals surface area contributed by atoms with Crippen LogP contribution in [0.1, 0.15) is 24.4 Å². The van der Waals surface area contributed by atoms with Crippen LogP contribution in [0.3, 0.4) is 0 Å². The predicted molar refractivity (Wildman–Crippen MR) is 112 cm³/mol. The predicted octanol–water partition coefficient (Wildman–Crippen LogP) is 4.62. The third-order valence-electron chi connectivity index (χ3n) is 4.71. The third kappa shape index (κ3) is 4.00. The fourth-order valence-corrected chi connectivity index (χ4v) is 3.28. The average molecular weight is 370 g/mol. The van der Waals surface area contributed by atoms with E-state index in [-0.39, 0.29) is 12.6 Å². The van der Waals surface area contributed by atoms with Gasteiger partial charge in [-0.2, -0.15) is 0 Å². The summed E-state index contributed by atoms with van der Waals surface area (Å²) in [4.78, 5) is 13.6. The molecule has 140 valence electrons. The van der Waals surface area contributed by atoms with Crippen LogP contribution in [-0.2, 0) is 0 Å². The lowest BCUT2D eigenvalue weighted by atomic mass is 10.0. The quantitative estimate of drug-likeness (QED) is 0.497. The first-order chi connectivity index (χ1) is 13.8. The Labute approximate surface area is 164 Å². The molecule has 0 saturated heterocycles. The molecule has 4 aromatic rings. The van der Waals surface area contributed by atoms with Crippen molar-refractivity contribution in [1.29, 1.82) is 0 Å². The highest BCUT2D eigenvalue weighted by Gasteiger charge is 2.15. The lowest BCUT2D eigenvalue weighted by Gasteiger charge is -2.21. The first kappa shape index (κ1) is 18.1. The minimum Gasteiger partial charge on any atom is -0.396 e. The molecule has 2 aromatic heterocycles. The highest BCUT2D eigenvalue weighted by molar-refractivity contribution is 5.90. The van der Waals surface area contributed by atoms with Gasteiger partial charge in [0.25, 0.3) is 0 Å². The smallest absolute Gasteiger partial charge is 0.162 e. The molecule has 2 heterocycles. The number of aromatic nitrogens is 3. The number of aliphatic hydroxyl groups is 1. The maximum Gasteiger partial charge on any atom is 0.162 e. The van der Waals surface area contributed by atoms with Gasteiger partial charge in [-0.3, -0.25) is 4.98 Å². The van der Waals surface area contributed by atoms with Crippen molar-refractivity contribution in [2.45, 2.75) is 18.9 Å². The molecule has 0 saturated carbocycles. The topological polar surface area (TPSA) is 70.9 Å². The highest BCUT2D eigenvalue weighted by atomic mass is 16.2. The van der Waals surface area contributed by atoms with E-state index < -0.39 is 0 Å². The number of aliphatic hydroxyl groups excluding tert-OH is 1. The molecule has 0 spiro atoms. The summed E-state index contributed by atoms with van der Waals surface area (Å²) in [5, 5.41) is 13.9. The average Bonchev–Trinajstić information content (AvgIpc) is 2.77. The van der Waals surface area contributed by atoms with Gasteiger partial charge in [0, 0.05) is 30.0 Å². The van der Waals surface area contributed by atoms with Crippen molar-refractivity contribution >= 4 is 16.7 Å². The number of hydrogen-bond acceptors (Lipinski definition) is 5. The molecule has 28 heavy (non-hydrogen) atoms. The zero-order chi connectivity index (χ0) is 19.2. The number of anilines is 1. The Hall–Kier alpha value is -3.31. The monoisotopic (exact) mass is 370 g/mol. The minimum absolute atomic E-state index is 0.0527. The van der Waals surface area contributed by atoms with E-state index in [9.17, 15) is 5.11 Å². The van der Waals surface area contributed by atoms with E-state index in [0.29, 0.717) is 12.2 Å². The number of para-hydroxylation sites is 1. The number of nitrogens with zero attached hydrogens (tertiary/aromatic N) is 3. The Morgan fingerprint density at radius 3 is 2.39 bits per heavy atom. The Morgan fingerprint density at radius 1 is 0.857 bits per heavy atom. The van der Waals surface area contributed by atoms with Crippen LogP contribution in [-0.4, -0.2) is 26.7 Å². The van der Waals surface area contributed by atoms with Crippen molar-refractivity contribution < 1.29 is 5.11 Å². The van der Waals surface area contributed by atoms with Gasteiger partial charge < -0.3 is 10.4 Å². The number of fused-ring (bicyclic) bond motifs is 1. The van der Waals surface area contributed by atoms with Gasteiger partial charge >= 0.3 is 0 Å². The molecule has 0 amide bonds. The van der Waals surface area contributed by atoms with Crippen molar-refractivity contribution in [3.8, 4) is 11.4 Å². The van der Waals surface area contributed by atoms with Crippen LogP contribution in [0.25, 0.3) is 22.3 Å². The Kier molecular flexibility index (Phi) is 5.54. The van der Waals surface area contributed by atoms with Gasteiger partial charge in [-0.25, -0.2) is 9.97 Å². The van der Waals surface area contributed by atoms with E-state index in [2.05, 4.69) is 22.4 Å². The van der Waals surface area contributed by atoms with E-state index >= 15 is 0 Å². The number of nitrogens with one attached hydrogen (secondary N) is 1. The largest absolute Gasteiger partial charge is 0.396 e. The van der Waals surface area contributed by atoms with Gasteiger partial charge in [-0.15, -0.1) is 0 Å². The Morgan fingerprint density at radius 2 is 1.61 bits per heavy atom. The second kappa shape index (κ2) is 8.59. The summed E-state index contributed by atoms with van der Waals surface area (Å²) >= 11 is 0. The maximum absolute atomic E-state index is 9.33. The molecule has 5 nitrogen and oxygen atoms in total. The molecule has 0 aliphatic heterocycles. The van der Waals surface area contributed by atoms with Crippen LogP contribution in [0.15, 0.2) is 79.1 Å². The van der Waals surface area contributed by atoms with Gasteiger partial charge in [0.1, 0.15) is 5.82 Å². The summed E-state index contributed by atoms with van der Waals surface area (Å²) in [7, 11) is 0. The second-order valence-corrected chi connectivity index (χ2v) is 6.62. The minimum atomic E-state index is 0.0527. The van der Waals surface area contributed by atoms with Crippen LogP contribution in [0, 0.1) is 0 Å². The lowest BCUT2D eigenvalue weighted by Crippen LogP contribution is -2.13. The molecular weight excluding hydrogens is 348 g/mol. The molecule has 0 fully saturated rings. The first-order valence-corrected chi connectivity index (χ1v) is 9.44. The fourth-order valence-electron chi connectivity index (χ4n) is 3.28. The van der Waals surface area contributed by atoms with Gasteiger partial charge in [-0.05, 0) is 42.7 Å². The summed E-state index contributed by atoms with van der Waals surface area (Å²) in [6.07, 6.45) is 5.01. The van der Waals surface area contributed by atoms with Crippen molar-refractivity contribution in [1.82, 2.24) is 15.0 Å². The van der Waals surface area contributed by atoms with Crippen molar-refractivity contribution in [3.05, 3.63) is 84.7 Å². The first-order valence-electron chi connectivity index (χ1n) is 9.44. The zero-order valence-electron chi connectivity index (χ0n) is 15.5. The van der Waals surface area contributed by atoms with Gasteiger partial charge in [-0.1, -0.05) is 42.5 Å². The third-order valence-corrected chi connectivity index (χ3v) is 4.71. The van der Waals surface area contributed by atoms with Gasteiger partial charge in [0.15, 0.2) is 5.82 Å². The summed E-state index contributed by atoms with van der Waals surface area (Å²) < 4.78 is 0. The summed E-state index contributed by atoms with van der Waals surface area (Å²) in [6.45, 7) is 0.164. The van der Waals surface area contributed by atoms with Gasteiger partial charge in [0.2, 0.25) is 0 Å². The van der Waals surface area contributed by atoms with Crippen molar-refractivity contribution in [2.75, 3.05) is 11.9 Å². The van der Waals surface area contributed by atoms with Crippen molar-refractivity contribution in [3.63, 3.8) is 0 Å². The molecule has 0 radical (unpaired) electrons. The molecule has 2 N–H and O–H groups in total. The lowest BCUT2D eigenvalue weighted by molar-refractivity contribution is 0.281. The molecular formula is C23H22N4O. The van der Waals surface area contributed by atoms with Crippen LogP contribution in [0.5, 0.6) is 0 Å². The zero-order valence-corrected chi connectivity index (χ0v) is 15.5. The molecule has 5 heteroatoms.